The topological polar surface area (TPSA) is 35.2 Å². The molecule has 0 radical (unpaired) electrons. The smallest absolute Gasteiger partial charge is 0.0588 e. The van der Waals surface area contributed by atoms with Crippen LogP contribution in [-0.4, -0.2) is 19.8 Å². The fraction of sp³-hybridized carbons (Fsp3) is 0.647. The van der Waals surface area contributed by atoms with Gasteiger partial charge in [0.15, 0.2) is 0 Å². The fourth-order valence-corrected chi connectivity index (χ4v) is 3.25. The summed E-state index contributed by atoms with van der Waals surface area (Å²) in [6, 6.07) is 6.90. The Morgan fingerprint density at radius 2 is 2.00 bits per heavy atom. The third-order valence-corrected chi connectivity index (χ3v) is 4.74. The van der Waals surface area contributed by atoms with Gasteiger partial charge in [-0.05, 0) is 42.0 Å². The van der Waals surface area contributed by atoms with Crippen molar-refractivity contribution in [2.75, 3.05) is 19.8 Å². The molecule has 1 saturated heterocycles. The van der Waals surface area contributed by atoms with E-state index in [0.29, 0.717) is 11.8 Å². The molecule has 1 unspecified atom stereocenters. The molecule has 2 nitrogen and oxygen atoms in total. The molecule has 0 aromatic heterocycles. The van der Waals surface area contributed by atoms with Crippen molar-refractivity contribution in [2.45, 2.75) is 45.4 Å². The molecule has 2 N–H and O–H groups in total. The Kier molecular flexibility index (Phi) is 4.32. The Hall–Kier alpha value is -0.860. The van der Waals surface area contributed by atoms with Gasteiger partial charge in [-0.15, -0.1) is 0 Å². The zero-order valence-electron chi connectivity index (χ0n) is 12.7. The number of rotatable bonds is 5. The highest BCUT2D eigenvalue weighted by molar-refractivity contribution is 5.40. The van der Waals surface area contributed by atoms with E-state index in [4.69, 9.17) is 10.5 Å². The van der Waals surface area contributed by atoms with Gasteiger partial charge in [-0.3, -0.25) is 0 Å². The van der Waals surface area contributed by atoms with Crippen molar-refractivity contribution in [3.8, 4) is 0 Å². The molecule has 0 bridgehead atoms. The van der Waals surface area contributed by atoms with Gasteiger partial charge in [0, 0.05) is 5.41 Å². The first-order valence-corrected chi connectivity index (χ1v) is 7.44. The van der Waals surface area contributed by atoms with Crippen LogP contribution in [0.5, 0.6) is 0 Å². The second kappa shape index (κ2) is 5.64. The van der Waals surface area contributed by atoms with Gasteiger partial charge < -0.3 is 10.5 Å². The van der Waals surface area contributed by atoms with E-state index < -0.39 is 0 Å². The van der Waals surface area contributed by atoms with Crippen LogP contribution in [0.3, 0.4) is 0 Å². The highest BCUT2D eigenvalue weighted by atomic mass is 16.5. The largest absolute Gasteiger partial charge is 0.379 e. The highest BCUT2D eigenvalue weighted by Gasteiger charge is 2.46. The number of hydrogen-bond donors (Lipinski definition) is 1. The van der Waals surface area contributed by atoms with Crippen molar-refractivity contribution in [1.29, 1.82) is 0 Å². The zero-order chi connectivity index (χ0) is 14.0. The molecule has 0 spiro atoms. The van der Waals surface area contributed by atoms with E-state index in [2.05, 4.69) is 45.9 Å². The van der Waals surface area contributed by atoms with Gasteiger partial charge in [-0.2, -0.15) is 0 Å². The highest BCUT2D eigenvalue weighted by Crippen LogP contribution is 2.42. The second-order valence-corrected chi connectivity index (χ2v) is 6.22. The molecule has 0 amide bonds. The van der Waals surface area contributed by atoms with Crippen LogP contribution in [0.2, 0.25) is 0 Å². The molecule has 1 atom stereocenters. The van der Waals surface area contributed by atoms with Crippen molar-refractivity contribution in [2.24, 2.45) is 11.7 Å². The van der Waals surface area contributed by atoms with Gasteiger partial charge in [-0.1, -0.05) is 45.4 Å². The van der Waals surface area contributed by atoms with Crippen molar-refractivity contribution >= 4 is 0 Å². The molecule has 1 aromatic carbocycles. The molecular weight excluding hydrogens is 234 g/mol. The summed E-state index contributed by atoms with van der Waals surface area (Å²) in [7, 11) is 0. The van der Waals surface area contributed by atoms with E-state index in [-0.39, 0.29) is 5.41 Å². The lowest BCUT2D eigenvalue weighted by Gasteiger charge is -2.48. The van der Waals surface area contributed by atoms with Gasteiger partial charge in [0.1, 0.15) is 0 Å². The molecule has 2 rings (SSSR count). The molecule has 1 fully saturated rings. The summed E-state index contributed by atoms with van der Waals surface area (Å²) >= 11 is 0. The maximum atomic E-state index is 6.01. The van der Waals surface area contributed by atoms with Gasteiger partial charge in [0.25, 0.3) is 0 Å². The predicted molar refractivity (Wildman–Crippen MR) is 80.6 cm³/mol. The van der Waals surface area contributed by atoms with Gasteiger partial charge in [0.05, 0.1) is 13.2 Å². The third-order valence-electron chi connectivity index (χ3n) is 4.74. The summed E-state index contributed by atoms with van der Waals surface area (Å²) in [5.74, 6) is 1.08. The van der Waals surface area contributed by atoms with E-state index in [1.54, 1.807) is 0 Å². The number of ether oxygens (including phenoxy) is 1. The van der Waals surface area contributed by atoms with E-state index in [1.165, 1.54) is 16.7 Å². The quantitative estimate of drug-likeness (QED) is 0.882. The Labute approximate surface area is 117 Å². The number of benzene rings is 1. The van der Waals surface area contributed by atoms with Crippen LogP contribution in [0.15, 0.2) is 18.2 Å². The second-order valence-electron chi connectivity index (χ2n) is 6.22. The molecule has 1 aromatic rings. The van der Waals surface area contributed by atoms with E-state index in [9.17, 15) is 0 Å². The Morgan fingerprint density at radius 1 is 1.32 bits per heavy atom. The van der Waals surface area contributed by atoms with Gasteiger partial charge in [0.2, 0.25) is 0 Å². The molecule has 1 aliphatic rings. The van der Waals surface area contributed by atoms with Crippen LogP contribution in [-0.2, 0) is 10.2 Å². The summed E-state index contributed by atoms with van der Waals surface area (Å²) in [6.07, 6.45) is 1.12. The first-order valence-electron chi connectivity index (χ1n) is 7.44. The van der Waals surface area contributed by atoms with Crippen LogP contribution in [0.1, 0.15) is 49.8 Å². The molecule has 106 valence electrons. The van der Waals surface area contributed by atoms with Crippen LogP contribution in [0.4, 0.5) is 0 Å². The predicted octanol–water partition coefficient (Wildman–Crippen LogP) is 3.37. The Bertz CT molecular complexity index is 431. The Balaban J connectivity index is 2.45. The minimum atomic E-state index is 0.151. The molecule has 0 saturated carbocycles. The van der Waals surface area contributed by atoms with E-state index >= 15 is 0 Å². The van der Waals surface area contributed by atoms with Crippen LogP contribution >= 0.6 is 0 Å². The number of nitrogens with two attached hydrogens (primary N) is 1. The maximum absolute atomic E-state index is 6.01. The first-order chi connectivity index (χ1) is 9.05. The lowest BCUT2D eigenvalue weighted by molar-refractivity contribution is -0.0901. The van der Waals surface area contributed by atoms with Gasteiger partial charge in [-0.25, -0.2) is 0 Å². The van der Waals surface area contributed by atoms with Crippen molar-refractivity contribution in [3.63, 3.8) is 0 Å². The lowest BCUT2D eigenvalue weighted by Crippen LogP contribution is -2.54. The molecule has 1 heterocycles. The fourth-order valence-electron chi connectivity index (χ4n) is 3.25. The molecule has 19 heavy (non-hydrogen) atoms. The zero-order valence-corrected chi connectivity index (χ0v) is 12.7. The first kappa shape index (κ1) is 14.5. The lowest BCUT2D eigenvalue weighted by atomic mass is 9.66. The maximum Gasteiger partial charge on any atom is 0.0588 e. The minimum Gasteiger partial charge on any atom is -0.379 e. The van der Waals surface area contributed by atoms with E-state index in [1.807, 2.05) is 0 Å². The summed E-state index contributed by atoms with van der Waals surface area (Å²) in [5, 5.41) is 0. The van der Waals surface area contributed by atoms with Crippen LogP contribution in [0, 0.1) is 12.8 Å². The van der Waals surface area contributed by atoms with E-state index in [0.717, 1.165) is 26.2 Å². The SMILES string of the molecule is CCC(CN)C1(c2cc(C(C)C)ccc2C)COC1. The average molecular weight is 261 g/mol. The normalized spacial score (nSPS) is 19.3. The third kappa shape index (κ3) is 2.44. The summed E-state index contributed by atoms with van der Waals surface area (Å²) < 4.78 is 5.58. The summed E-state index contributed by atoms with van der Waals surface area (Å²) in [5.41, 5.74) is 10.4. The monoisotopic (exact) mass is 261 g/mol. The average Bonchev–Trinajstić information content (AvgIpc) is 2.34. The molecule has 2 heteroatoms. The standard InChI is InChI=1S/C17H27NO/c1-5-15(9-18)17(10-19-11-17)16-8-14(12(2)3)7-6-13(16)4/h6-8,12,15H,5,9-11,18H2,1-4H3. The van der Waals surface area contributed by atoms with Crippen LogP contribution in [0.25, 0.3) is 0 Å². The molecule has 0 aliphatic carbocycles. The summed E-state index contributed by atoms with van der Waals surface area (Å²) in [6.45, 7) is 11.3. The van der Waals surface area contributed by atoms with Crippen molar-refractivity contribution < 1.29 is 4.74 Å². The Morgan fingerprint density at radius 3 is 2.42 bits per heavy atom. The van der Waals surface area contributed by atoms with Crippen molar-refractivity contribution in [1.82, 2.24) is 0 Å². The molecule has 1 aliphatic heterocycles. The van der Waals surface area contributed by atoms with Gasteiger partial charge >= 0.3 is 0 Å². The van der Waals surface area contributed by atoms with Crippen molar-refractivity contribution in [3.05, 3.63) is 34.9 Å². The number of aryl methyl sites for hydroxylation is 1. The minimum absolute atomic E-state index is 0.151. The molecular formula is C17H27NO. The number of hydrogen-bond acceptors (Lipinski definition) is 2. The van der Waals surface area contributed by atoms with Crippen LogP contribution < -0.4 is 5.73 Å². The summed E-state index contributed by atoms with van der Waals surface area (Å²) in [4.78, 5) is 0.